The number of thioether (sulfide) groups is 1. The fraction of sp³-hybridized carbons (Fsp3) is 0.733. The van der Waals surface area contributed by atoms with Crippen LogP contribution in [0.3, 0.4) is 0 Å². The summed E-state index contributed by atoms with van der Waals surface area (Å²) in [5.41, 5.74) is 1.22. The highest BCUT2D eigenvalue weighted by Gasteiger charge is 2.16. The molecule has 106 valence electrons. The monoisotopic (exact) mass is 279 g/mol. The molecule has 1 N–H and O–H groups in total. The van der Waals surface area contributed by atoms with E-state index in [1.807, 2.05) is 24.0 Å². The summed E-state index contributed by atoms with van der Waals surface area (Å²) in [6, 6.07) is 2.00. The van der Waals surface area contributed by atoms with Crippen LogP contribution in [-0.4, -0.2) is 20.8 Å². The molecule has 4 heteroatoms. The molecule has 3 nitrogen and oxygen atoms in total. The Balaban J connectivity index is 1.84. The highest BCUT2D eigenvalue weighted by Crippen LogP contribution is 2.30. The van der Waals surface area contributed by atoms with Crippen LogP contribution in [0.15, 0.2) is 12.3 Å². The van der Waals surface area contributed by atoms with E-state index < -0.39 is 0 Å². The van der Waals surface area contributed by atoms with E-state index in [0.29, 0.717) is 0 Å². The molecule has 1 aliphatic carbocycles. The van der Waals surface area contributed by atoms with Crippen LogP contribution in [0.4, 0.5) is 0 Å². The quantitative estimate of drug-likeness (QED) is 0.894. The summed E-state index contributed by atoms with van der Waals surface area (Å²) >= 11 is 2.02. The van der Waals surface area contributed by atoms with Gasteiger partial charge in [0.15, 0.2) is 0 Å². The number of hydrogen-bond acceptors (Lipinski definition) is 4. The Morgan fingerprint density at radius 3 is 2.74 bits per heavy atom. The summed E-state index contributed by atoms with van der Waals surface area (Å²) in [4.78, 5) is 9.03. The minimum absolute atomic E-state index is 0.129. The number of aromatic nitrogens is 2. The van der Waals surface area contributed by atoms with Crippen molar-refractivity contribution in [2.45, 2.75) is 69.5 Å². The molecular weight excluding hydrogens is 254 g/mol. The van der Waals surface area contributed by atoms with Crippen LogP contribution in [0.1, 0.15) is 58.0 Å². The van der Waals surface area contributed by atoms with Gasteiger partial charge in [0.1, 0.15) is 5.82 Å². The van der Waals surface area contributed by atoms with Gasteiger partial charge in [-0.2, -0.15) is 11.8 Å². The van der Waals surface area contributed by atoms with Crippen molar-refractivity contribution in [1.29, 1.82) is 0 Å². The van der Waals surface area contributed by atoms with Crippen molar-refractivity contribution in [3.05, 3.63) is 23.8 Å². The Morgan fingerprint density at radius 2 is 2.05 bits per heavy atom. The van der Waals surface area contributed by atoms with Crippen LogP contribution < -0.4 is 5.32 Å². The molecule has 2 rings (SSSR count). The first-order valence-electron chi connectivity index (χ1n) is 7.20. The van der Waals surface area contributed by atoms with E-state index in [4.69, 9.17) is 0 Å². The fourth-order valence-electron chi connectivity index (χ4n) is 2.21. The second-order valence-electron chi connectivity index (χ2n) is 6.29. The average molecular weight is 279 g/mol. The summed E-state index contributed by atoms with van der Waals surface area (Å²) in [5, 5.41) is 4.30. The third-order valence-corrected chi connectivity index (χ3v) is 4.68. The standard InChI is InChI=1S/C15H25N3S/c1-15(2,3)17-10-12-8-9-16-14(18-12)11-19-13-6-4-5-7-13/h8-9,13,17H,4-7,10-11H2,1-3H3. The molecule has 1 aromatic rings. The lowest BCUT2D eigenvalue weighted by molar-refractivity contribution is 0.421. The van der Waals surface area contributed by atoms with Crippen molar-refractivity contribution in [1.82, 2.24) is 15.3 Å². The molecule has 0 atom stereocenters. The molecule has 0 unspecified atom stereocenters. The van der Waals surface area contributed by atoms with Crippen LogP contribution in [0.5, 0.6) is 0 Å². The van der Waals surface area contributed by atoms with Gasteiger partial charge in [-0.05, 0) is 39.7 Å². The van der Waals surface area contributed by atoms with Crippen LogP contribution in [-0.2, 0) is 12.3 Å². The van der Waals surface area contributed by atoms with E-state index in [9.17, 15) is 0 Å². The normalized spacial score (nSPS) is 17.0. The van der Waals surface area contributed by atoms with E-state index in [2.05, 4.69) is 36.1 Å². The molecule has 19 heavy (non-hydrogen) atoms. The lowest BCUT2D eigenvalue weighted by atomic mass is 10.1. The summed E-state index contributed by atoms with van der Waals surface area (Å²) in [6.07, 6.45) is 7.42. The molecule has 0 aromatic carbocycles. The number of hydrogen-bond donors (Lipinski definition) is 1. The van der Waals surface area contributed by atoms with Gasteiger partial charge in [0, 0.05) is 23.5 Å². The maximum atomic E-state index is 4.64. The average Bonchev–Trinajstić information content (AvgIpc) is 2.87. The Bertz CT molecular complexity index is 395. The molecule has 0 aliphatic heterocycles. The third kappa shape index (κ3) is 5.49. The van der Waals surface area contributed by atoms with Crippen molar-refractivity contribution < 1.29 is 0 Å². The highest BCUT2D eigenvalue weighted by atomic mass is 32.2. The van der Waals surface area contributed by atoms with Crippen LogP contribution >= 0.6 is 11.8 Å². The number of rotatable bonds is 5. The first kappa shape index (κ1) is 14.8. The zero-order valence-electron chi connectivity index (χ0n) is 12.3. The van der Waals surface area contributed by atoms with Crippen LogP contribution in [0.25, 0.3) is 0 Å². The van der Waals surface area contributed by atoms with Gasteiger partial charge in [-0.1, -0.05) is 12.8 Å². The lowest BCUT2D eigenvalue weighted by Gasteiger charge is -2.20. The summed E-state index contributed by atoms with van der Waals surface area (Å²) < 4.78 is 0. The van der Waals surface area contributed by atoms with E-state index in [1.54, 1.807) is 0 Å². The van der Waals surface area contributed by atoms with Gasteiger partial charge in [0.25, 0.3) is 0 Å². The second kappa shape index (κ2) is 6.71. The second-order valence-corrected chi connectivity index (χ2v) is 7.57. The molecule has 1 aromatic heterocycles. The van der Waals surface area contributed by atoms with E-state index in [-0.39, 0.29) is 5.54 Å². The maximum Gasteiger partial charge on any atom is 0.138 e. The van der Waals surface area contributed by atoms with Gasteiger partial charge in [0.2, 0.25) is 0 Å². The predicted octanol–water partition coefficient (Wildman–Crippen LogP) is 3.54. The van der Waals surface area contributed by atoms with Crippen LogP contribution in [0, 0.1) is 0 Å². The Labute approximate surface area is 121 Å². The van der Waals surface area contributed by atoms with E-state index in [1.165, 1.54) is 25.7 Å². The molecule has 0 amide bonds. The summed E-state index contributed by atoms with van der Waals surface area (Å²) in [7, 11) is 0. The van der Waals surface area contributed by atoms with Gasteiger partial charge in [0.05, 0.1) is 11.4 Å². The first-order valence-corrected chi connectivity index (χ1v) is 8.25. The zero-order chi connectivity index (χ0) is 13.7. The molecule has 1 saturated carbocycles. The number of nitrogens with one attached hydrogen (secondary N) is 1. The third-order valence-electron chi connectivity index (χ3n) is 3.31. The molecular formula is C15H25N3S. The van der Waals surface area contributed by atoms with Crippen molar-refractivity contribution in [2.75, 3.05) is 0 Å². The van der Waals surface area contributed by atoms with Crippen molar-refractivity contribution in [3.8, 4) is 0 Å². The topological polar surface area (TPSA) is 37.8 Å². The molecule has 1 fully saturated rings. The Hall–Kier alpha value is -0.610. The SMILES string of the molecule is CC(C)(C)NCc1ccnc(CSC2CCCC2)n1. The highest BCUT2D eigenvalue weighted by molar-refractivity contribution is 7.99. The maximum absolute atomic E-state index is 4.64. The minimum Gasteiger partial charge on any atom is -0.306 e. The van der Waals surface area contributed by atoms with Crippen molar-refractivity contribution in [3.63, 3.8) is 0 Å². The van der Waals surface area contributed by atoms with Gasteiger partial charge in [-0.3, -0.25) is 0 Å². The van der Waals surface area contributed by atoms with Crippen LogP contribution in [0.2, 0.25) is 0 Å². The largest absolute Gasteiger partial charge is 0.306 e. The fourth-order valence-corrected chi connectivity index (χ4v) is 3.40. The summed E-state index contributed by atoms with van der Waals surface area (Å²) in [5.74, 6) is 1.93. The van der Waals surface area contributed by atoms with E-state index >= 15 is 0 Å². The first-order chi connectivity index (χ1) is 9.03. The van der Waals surface area contributed by atoms with Gasteiger partial charge in [-0.15, -0.1) is 0 Å². The Kier molecular flexibility index (Phi) is 5.22. The lowest BCUT2D eigenvalue weighted by Crippen LogP contribution is -2.35. The molecule has 0 spiro atoms. The molecule has 0 radical (unpaired) electrons. The van der Waals surface area contributed by atoms with Crippen molar-refractivity contribution in [2.24, 2.45) is 0 Å². The molecule has 1 heterocycles. The summed E-state index contributed by atoms with van der Waals surface area (Å²) in [6.45, 7) is 7.33. The van der Waals surface area contributed by atoms with Crippen molar-refractivity contribution >= 4 is 11.8 Å². The van der Waals surface area contributed by atoms with Gasteiger partial charge in [-0.25, -0.2) is 9.97 Å². The minimum atomic E-state index is 0.129. The van der Waals surface area contributed by atoms with E-state index in [0.717, 1.165) is 29.1 Å². The number of nitrogens with zero attached hydrogens (tertiary/aromatic N) is 2. The smallest absolute Gasteiger partial charge is 0.138 e. The Morgan fingerprint density at radius 1 is 1.32 bits per heavy atom. The molecule has 0 bridgehead atoms. The molecule has 0 saturated heterocycles. The van der Waals surface area contributed by atoms with Gasteiger partial charge < -0.3 is 5.32 Å². The predicted molar refractivity (Wildman–Crippen MR) is 82.2 cm³/mol. The zero-order valence-corrected chi connectivity index (χ0v) is 13.1. The van der Waals surface area contributed by atoms with Gasteiger partial charge >= 0.3 is 0 Å². The molecule has 1 aliphatic rings.